The van der Waals surface area contributed by atoms with E-state index in [1.54, 1.807) is 12.1 Å². The first kappa shape index (κ1) is 27.4. The number of unbranched alkanes of at least 4 members (excludes halogenated alkanes) is 3. The second-order valence-electron chi connectivity index (χ2n) is 9.16. The van der Waals surface area contributed by atoms with E-state index in [9.17, 15) is 4.39 Å². The molecule has 190 valence electrons. The molecule has 0 spiro atoms. The van der Waals surface area contributed by atoms with E-state index >= 15 is 0 Å². The first-order valence-corrected chi connectivity index (χ1v) is 13.1. The van der Waals surface area contributed by atoms with Crippen molar-refractivity contribution in [3.63, 3.8) is 0 Å². The van der Waals surface area contributed by atoms with E-state index in [0.717, 1.165) is 60.3 Å². The number of halogens is 1. The molecule has 0 aliphatic carbocycles. The summed E-state index contributed by atoms with van der Waals surface area (Å²) >= 11 is 0. The Balaban J connectivity index is 1.51. The summed E-state index contributed by atoms with van der Waals surface area (Å²) in [4.78, 5) is 0. The molecular formula is C33H39FO2. The van der Waals surface area contributed by atoms with Crippen molar-refractivity contribution in [2.24, 2.45) is 0 Å². The van der Waals surface area contributed by atoms with Crippen LogP contribution in [0.25, 0.3) is 28.3 Å². The van der Waals surface area contributed by atoms with Crippen molar-refractivity contribution in [2.45, 2.75) is 58.5 Å². The molecule has 2 nitrogen and oxygen atoms in total. The van der Waals surface area contributed by atoms with Gasteiger partial charge in [-0.15, -0.1) is 0 Å². The molecule has 3 aromatic carbocycles. The number of benzene rings is 3. The topological polar surface area (TPSA) is 18.5 Å². The lowest BCUT2D eigenvalue weighted by Crippen LogP contribution is -2.08. The Kier molecular flexibility index (Phi) is 11.5. The predicted octanol–water partition coefficient (Wildman–Crippen LogP) is 9.50. The number of ether oxygens (including phenoxy) is 2. The van der Waals surface area contributed by atoms with Gasteiger partial charge in [0, 0.05) is 12.2 Å². The van der Waals surface area contributed by atoms with Crippen LogP contribution in [0.3, 0.4) is 0 Å². The van der Waals surface area contributed by atoms with Crippen LogP contribution in [0, 0.1) is 5.82 Å². The van der Waals surface area contributed by atoms with Gasteiger partial charge in [0.1, 0.15) is 18.2 Å². The first-order valence-electron chi connectivity index (χ1n) is 13.1. The molecule has 0 bridgehead atoms. The first-order chi connectivity index (χ1) is 17.6. The summed E-state index contributed by atoms with van der Waals surface area (Å²) in [6.07, 6.45) is 12.5. The van der Waals surface area contributed by atoms with Crippen molar-refractivity contribution < 1.29 is 13.9 Å². The number of rotatable bonds is 15. The fourth-order valence-electron chi connectivity index (χ4n) is 4.05. The molecule has 3 aromatic rings. The summed E-state index contributed by atoms with van der Waals surface area (Å²) in [5.41, 5.74) is 4.70. The Bertz CT molecular complexity index is 1080. The minimum atomic E-state index is -0.199. The van der Waals surface area contributed by atoms with Gasteiger partial charge in [-0.3, -0.25) is 0 Å². The molecule has 1 unspecified atom stereocenters. The van der Waals surface area contributed by atoms with Crippen LogP contribution in [0.4, 0.5) is 4.39 Å². The highest BCUT2D eigenvalue weighted by molar-refractivity contribution is 5.71. The molecule has 36 heavy (non-hydrogen) atoms. The van der Waals surface area contributed by atoms with Crippen LogP contribution < -0.4 is 4.74 Å². The van der Waals surface area contributed by atoms with Crippen LogP contribution in [-0.4, -0.2) is 19.3 Å². The Morgan fingerprint density at radius 3 is 2.14 bits per heavy atom. The smallest absolute Gasteiger partial charge is 0.131 e. The van der Waals surface area contributed by atoms with Crippen LogP contribution in [0.5, 0.6) is 5.75 Å². The predicted molar refractivity (Wildman–Crippen MR) is 151 cm³/mol. The summed E-state index contributed by atoms with van der Waals surface area (Å²) in [5, 5.41) is 0. The highest BCUT2D eigenvalue weighted by atomic mass is 19.1. The lowest BCUT2D eigenvalue weighted by Gasteiger charge is -2.12. The van der Waals surface area contributed by atoms with E-state index in [0.29, 0.717) is 12.2 Å². The van der Waals surface area contributed by atoms with Crippen molar-refractivity contribution in [1.82, 2.24) is 0 Å². The SMILES string of the molecule is C=CCOc1ccc(-c2ccc(-c3ccc(C=CCCCC(C)OCCCCC)c(F)c3)cc2)cc1. The fraction of sp³-hybridized carbons (Fsp3) is 0.333. The number of hydrogen-bond donors (Lipinski definition) is 0. The van der Waals surface area contributed by atoms with Gasteiger partial charge in [-0.25, -0.2) is 4.39 Å². The van der Waals surface area contributed by atoms with E-state index in [1.165, 1.54) is 12.8 Å². The zero-order chi connectivity index (χ0) is 25.6. The summed E-state index contributed by atoms with van der Waals surface area (Å²) < 4.78 is 26.1. The minimum Gasteiger partial charge on any atom is -0.490 e. The second-order valence-corrected chi connectivity index (χ2v) is 9.16. The standard InChI is InChI=1S/C33H39FO2/c1-4-6-10-24-35-26(3)11-8-7-9-12-30-17-18-31(25-33(30)34)29-15-13-27(14-16-29)28-19-21-32(22-20-28)36-23-5-2/h5,9,12-22,25-26H,2,4,6-8,10-11,23-24H2,1,3H3. The lowest BCUT2D eigenvalue weighted by molar-refractivity contribution is 0.0566. The van der Waals surface area contributed by atoms with Crippen molar-refractivity contribution in [2.75, 3.05) is 13.2 Å². The zero-order valence-electron chi connectivity index (χ0n) is 21.7. The minimum absolute atomic E-state index is 0.199. The quantitative estimate of drug-likeness (QED) is 0.157. The molecule has 0 amide bonds. The maximum absolute atomic E-state index is 14.8. The summed E-state index contributed by atoms with van der Waals surface area (Å²) in [5.74, 6) is 0.622. The van der Waals surface area contributed by atoms with Gasteiger partial charge in [0.25, 0.3) is 0 Å². The van der Waals surface area contributed by atoms with Crippen LogP contribution in [0.2, 0.25) is 0 Å². The number of allylic oxidation sites excluding steroid dienone is 1. The average molecular weight is 487 g/mol. The van der Waals surface area contributed by atoms with Crippen molar-refractivity contribution in [3.8, 4) is 28.0 Å². The van der Waals surface area contributed by atoms with Gasteiger partial charge >= 0.3 is 0 Å². The van der Waals surface area contributed by atoms with Crippen LogP contribution in [0.15, 0.2) is 85.5 Å². The normalized spacial score (nSPS) is 12.1. The molecule has 0 saturated carbocycles. The van der Waals surface area contributed by atoms with Crippen molar-refractivity contribution >= 4 is 6.08 Å². The van der Waals surface area contributed by atoms with Gasteiger partial charge < -0.3 is 9.47 Å². The zero-order valence-corrected chi connectivity index (χ0v) is 21.7. The molecule has 0 aliphatic heterocycles. The third-order valence-corrected chi connectivity index (χ3v) is 6.20. The summed E-state index contributed by atoms with van der Waals surface area (Å²) in [6, 6.07) is 21.6. The second kappa shape index (κ2) is 15.1. The van der Waals surface area contributed by atoms with Gasteiger partial charge in [0.2, 0.25) is 0 Å². The molecule has 0 radical (unpaired) electrons. The summed E-state index contributed by atoms with van der Waals surface area (Å²) in [7, 11) is 0. The van der Waals surface area contributed by atoms with Crippen LogP contribution >= 0.6 is 0 Å². The van der Waals surface area contributed by atoms with Gasteiger partial charge in [0.15, 0.2) is 0 Å². The maximum atomic E-state index is 14.8. The molecular weight excluding hydrogens is 447 g/mol. The molecule has 1 atom stereocenters. The highest BCUT2D eigenvalue weighted by Gasteiger charge is 2.05. The molecule has 3 rings (SSSR count). The highest BCUT2D eigenvalue weighted by Crippen LogP contribution is 2.27. The maximum Gasteiger partial charge on any atom is 0.131 e. The molecule has 0 fully saturated rings. The van der Waals surface area contributed by atoms with Gasteiger partial charge in [0.05, 0.1) is 6.10 Å². The number of hydrogen-bond acceptors (Lipinski definition) is 2. The Hall–Kier alpha value is -3.17. The monoisotopic (exact) mass is 486 g/mol. The van der Waals surface area contributed by atoms with E-state index in [4.69, 9.17) is 9.47 Å². The average Bonchev–Trinajstić information content (AvgIpc) is 2.91. The Morgan fingerprint density at radius 1 is 0.861 bits per heavy atom. The van der Waals surface area contributed by atoms with Crippen molar-refractivity contribution in [3.05, 3.63) is 96.8 Å². The fourth-order valence-corrected chi connectivity index (χ4v) is 4.05. The van der Waals surface area contributed by atoms with E-state index in [-0.39, 0.29) is 11.9 Å². The summed E-state index contributed by atoms with van der Waals surface area (Å²) in [6.45, 7) is 9.35. The molecule has 3 heteroatoms. The molecule has 0 aromatic heterocycles. The van der Waals surface area contributed by atoms with Crippen LogP contribution in [0.1, 0.15) is 57.9 Å². The third kappa shape index (κ3) is 8.80. The van der Waals surface area contributed by atoms with Gasteiger partial charge in [-0.2, -0.15) is 0 Å². The third-order valence-electron chi connectivity index (χ3n) is 6.20. The van der Waals surface area contributed by atoms with Crippen molar-refractivity contribution in [1.29, 1.82) is 0 Å². The van der Waals surface area contributed by atoms with Gasteiger partial charge in [-0.05, 0) is 73.1 Å². The lowest BCUT2D eigenvalue weighted by atomic mass is 9.99. The molecule has 0 heterocycles. The Morgan fingerprint density at radius 2 is 1.50 bits per heavy atom. The van der Waals surface area contributed by atoms with E-state index in [1.807, 2.05) is 54.6 Å². The molecule has 0 N–H and O–H groups in total. The largest absolute Gasteiger partial charge is 0.490 e. The molecule has 0 aliphatic rings. The van der Waals surface area contributed by atoms with E-state index < -0.39 is 0 Å². The van der Waals surface area contributed by atoms with E-state index in [2.05, 4.69) is 38.6 Å². The van der Waals surface area contributed by atoms with Gasteiger partial charge in [-0.1, -0.05) is 93.1 Å². The Labute approximate surface area is 216 Å². The molecule has 0 saturated heterocycles. The van der Waals surface area contributed by atoms with Crippen LogP contribution in [-0.2, 0) is 4.74 Å².